The van der Waals surface area contributed by atoms with Gasteiger partial charge in [0.2, 0.25) is 0 Å². The number of aryl methyl sites for hydroxylation is 1. The van der Waals surface area contributed by atoms with Gasteiger partial charge in [-0.25, -0.2) is 9.97 Å². The first-order chi connectivity index (χ1) is 19.4. The number of hydrogen-bond donors (Lipinski definition) is 1. The molecule has 2 aromatic carbocycles. The number of hydrogen-bond acceptors (Lipinski definition) is 8. The number of imidazole rings is 1. The number of benzene rings is 2. The molecule has 3 aromatic heterocycles. The van der Waals surface area contributed by atoms with Crippen molar-refractivity contribution in [1.29, 1.82) is 0 Å². The second-order valence-corrected chi connectivity index (χ2v) is 10.2. The Morgan fingerprint density at radius 2 is 1.95 bits per heavy atom. The highest BCUT2D eigenvalue weighted by Gasteiger charge is 2.48. The van der Waals surface area contributed by atoms with Crippen molar-refractivity contribution in [3.63, 3.8) is 0 Å². The van der Waals surface area contributed by atoms with E-state index in [9.17, 15) is 14.7 Å². The van der Waals surface area contributed by atoms with Crippen molar-refractivity contribution in [2.75, 3.05) is 18.6 Å². The number of amides is 1. The molecule has 1 saturated heterocycles. The van der Waals surface area contributed by atoms with Crippen LogP contribution in [0.15, 0.2) is 85.1 Å². The third-order valence-electron chi connectivity index (χ3n) is 6.71. The van der Waals surface area contributed by atoms with Crippen molar-refractivity contribution in [2.24, 2.45) is 0 Å². The minimum atomic E-state index is -0.969. The summed E-state index contributed by atoms with van der Waals surface area (Å²) in [4.78, 5) is 37.9. The molecule has 1 atom stereocenters. The number of pyridine rings is 1. The summed E-state index contributed by atoms with van der Waals surface area (Å²) < 4.78 is 13.6. The topological polar surface area (TPSA) is 106 Å². The van der Waals surface area contributed by atoms with Crippen LogP contribution in [0.25, 0.3) is 21.6 Å². The lowest BCUT2D eigenvalue weighted by molar-refractivity contribution is -0.132. The quantitative estimate of drug-likeness (QED) is 0.124. The van der Waals surface area contributed by atoms with Gasteiger partial charge in [-0.1, -0.05) is 42.2 Å². The molecule has 10 heteroatoms. The Hall–Kier alpha value is -4.96. The predicted molar refractivity (Wildman–Crippen MR) is 153 cm³/mol. The Labute approximate surface area is 233 Å². The zero-order valence-electron chi connectivity index (χ0n) is 21.7. The molecule has 200 valence electrons. The summed E-state index contributed by atoms with van der Waals surface area (Å²) in [5, 5.41) is 12.1. The first kappa shape index (κ1) is 25.3. The number of carbonyl (C=O) groups is 2. The van der Waals surface area contributed by atoms with E-state index in [-0.39, 0.29) is 17.9 Å². The largest absolute Gasteiger partial charge is 0.505 e. The molecule has 0 spiro atoms. The summed E-state index contributed by atoms with van der Waals surface area (Å²) in [7, 11) is 1.57. The number of thiazole rings is 1. The van der Waals surface area contributed by atoms with E-state index < -0.39 is 17.7 Å². The molecule has 0 aliphatic carbocycles. The summed E-state index contributed by atoms with van der Waals surface area (Å²) in [6, 6.07) is 17.0. The number of rotatable bonds is 7. The average molecular weight is 553 g/mol. The van der Waals surface area contributed by atoms with Crippen LogP contribution in [-0.4, -0.2) is 44.9 Å². The number of carbonyl (C=O) groups excluding carboxylic acids is 2. The van der Waals surface area contributed by atoms with Crippen molar-refractivity contribution in [3.05, 3.63) is 102 Å². The fourth-order valence-corrected chi connectivity index (χ4v) is 5.94. The van der Waals surface area contributed by atoms with Gasteiger partial charge in [0.1, 0.15) is 29.4 Å². The monoisotopic (exact) mass is 552 g/mol. The van der Waals surface area contributed by atoms with Crippen LogP contribution in [-0.2, 0) is 9.59 Å². The zero-order chi connectivity index (χ0) is 28.0. The molecule has 1 N–H and O–H groups in total. The molecule has 4 heterocycles. The van der Waals surface area contributed by atoms with Crippen molar-refractivity contribution in [3.8, 4) is 11.5 Å². The number of nitrogens with zero attached hydrogens (tertiary/aromatic N) is 4. The van der Waals surface area contributed by atoms with E-state index in [0.717, 1.165) is 4.70 Å². The number of ketones is 1. The van der Waals surface area contributed by atoms with E-state index >= 15 is 0 Å². The highest BCUT2D eigenvalue weighted by Crippen LogP contribution is 2.45. The molecule has 5 aromatic rings. The molecule has 1 aliphatic heterocycles. The van der Waals surface area contributed by atoms with Crippen molar-refractivity contribution in [1.82, 2.24) is 14.4 Å². The zero-order valence-corrected chi connectivity index (χ0v) is 22.5. The van der Waals surface area contributed by atoms with E-state index in [1.165, 1.54) is 16.2 Å². The summed E-state index contributed by atoms with van der Waals surface area (Å²) >= 11 is 1.26. The number of methoxy groups -OCH3 is 1. The lowest BCUT2D eigenvalue weighted by atomic mass is 9.96. The van der Waals surface area contributed by atoms with Gasteiger partial charge in [0, 0.05) is 6.20 Å². The lowest BCUT2D eigenvalue weighted by Gasteiger charge is -2.23. The van der Waals surface area contributed by atoms with Gasteiger partial charge in [-0.05, 0) is 55.0 Å². The summed E-state index contributed by atoms with van der Waals surface area (Å²) in [6.45, 7) is 5.72. The number of aromatic nitrogens is 3. The maximum atomic E-state index is 13.7. The van der Waals surface area contributed by atoms with Crippen LogP contribution in [0.3, 0.4) is 0 Å². The Kier molecular flexibility index (Phi) is 6.31. The average Bonchev–Trinajstić information content (AvgIpc) is 3.61. The second-order valence-electron chi connectivity index (χ2n) is 9.15. The van der Waals surface area contributed by atoms with Crippen LogP contribution in [0.2, 0.25) is 0 Å². The van der Waals surface area contributed by atoms with Crippen molar-refractivity contribution >= 4 is 49.8 Å². The van der Waals surface area contributed by atoms with Gasteiger partial charge < -0.3 is 14.6 Å². The fraction of sp³-hybridized carbons (Fsp3) is 0.133. The third kappa shape index (κ3) is 4.09. The van der Waals surface area contributed by atoms with Crippen LogP contribution in [0.4, 0.5) is 5.13 Å². The number of aliphatic hydroxyl groups excluding tert-OH is 1. The molecule has 0 radical (unpaired) electrons. The molecule has 1 aliphatic rings. The third-order valence-corrected chi connectivity index (χ3v) is 7.72. The Morgan fingerprint density at radius 1 is 1.10 bits per heavy atom. The molecule has 0 saturated carbocycles. The number of anilines is 1. The van der Waals surface area contributed by atoms with E-state index in [0.29, 0.717) is 44.7 Å². The van der Waals surface area contributed by atoms with Crippen molar-refractivity contribution in [2.45, 2.75) is 13.0 Å². The Morgan fingerprint density at radius 3 is 2.75 bits per heavy atom. The van der Waals surface area contributed by atoms with E-state index in [1.807, 2.05) is 12.1 Å². The molecule has 1 amide bonds. The van der Waals surface area contributed by atoms with E-state index in [1.54, 1.807) is 79.2 Å². The molecule has 0 bridgehead atoms. The van der Waals surface area contributed by atoms with Crippen LogP contribution in [0.1, 0.15) is 23.0 Å². The van der Waals surface area contributed by atoms with Gasteiger partial charge in [0.25, 0.3) is 5.78 Å². The maximum absolute atomic E-state index is 13.7. The molecular formula is C30H24N4O5S. The highest BCUT2D eigenvalue weighted by atomic mass is 32.1. The molecule has 9 nitrogen and oxygen atoms in total. The number of fused-ring (bicyclic) bond motifs is 2. The second kappa shape index (κ2) is 9.97. The van der Waals surface area contributed by atoms with E-state index in [2.05, 4.69) is 16.5 Å². The molecule has 40 heavy (non-hydrogen) atoms. The van der Waals surface area contributed by atoms with Crippen LogP contribution in [0.5, 0.6) is 11.5 Å². The van der Waals surface area contributed by atoms with Gasteiger partial charge in [-0.3, -0.25) is 18.9 Å². The molecule has 6 rings (SSSR count). The Bertz CT molecular complexity index is 1850. The normalized spacial score (nSPS) is 16.6. The summed E-state index contributed by atoms with van der Waals surface area (Å²) in [6.07, 6.45) is 3.38. The molecule has 1 unspecified atom stereocenters. The first-order valence-electron chi connectivity index (χ1n) is 12.4. The molecule has 1 fully saturated rings. The highest BCUT2D eigenvalue weighted by molar-refractivity contribution is 7.22. The predicted octanol–water partition coefficient (Wildman–Crippen LogP) is 5.45. The SMILES string of the molecule is C=CCOc1cccc(C2C(=C(O)c3c(C)nc4ccccn34)C(=O)C(=O)N2c2nc3ccc(OC)cc3s2)c1. The number of ether oxygens (including phenoxy) is 2. The summed E-state index contributed by atoms with van der Waals surface area (Å²) in [5.41, 5.74) is 2.63. The number of Topliss-reactive ketones (excluding diaryl/α,β-unsaturated/α-hetero) is 1. The smallest absolute Gasteiger partial charge is 0.301 e. The lowest BCUT2D eigenvalue weighted by Crippen LogP contribution is -2.29. The van der Waals surface area contributed by atoms with Crippen molar-refractivity contribution < 1.29 is 24.2 Å². The standard InChI is InChI=1S/C30H24N4O5S/c1-4-14-39-20-9-7-8-18(15-20)26-24(27(35)25-17(2)31-23-10-5-6-13-33(23)25)28(36)29(37)34(26)30-32-21-12-11-19(38-3)16-22(21)40-30/h4-13,15-16,26,35H,1,14H2,2-3H3. The van der Waals surface area contributed by atoms with Crippen LogP contribution in [0, 0.1) is 6.92 Å². The fourth-order valence-electron chi connectivity index (χ4n) is 4.92. The minimum Gasteiger partial charge on any atom is -0.505 e. The van der Waals surface area contributed by atoms with Gasteiger partial charge in [-0.2, -0.15) is 0 Å². The van der Waals surface area contributed by atoms with Gasteiger partial charge >= 0.3 is 5.91 Å². The van der Waals surface area contributed by atoms with Gasteiger partial charge in [0.05, 0.1) is 34.6 Å². The minimum absolute atomic E-state index is 0.0588. The van der Waals surface area contributed by atoms with E-state index in [4.69, 9.17) is 9.47 Å². The maximum Gasteiger partial charge on any atom is 0.301 e. The number of aliphatic hydroxyl groups is 1. The molecular weight excluding hydrogens is 528 g/mol. The van der Waals surface area contributed by atoms with Gasteiger partial charge in [0.15, 0.2) is 10.9 Å². The van der Waals surface area contributed by atoms with Gasteiger partial charge in [-0.15, -0.1) is 0 Å². The van der Waals surface area contributed by atoms with Crippen LogP contribution >= 0.6 is 11.3 Å². The first-order valence-corrected chi connectivity index (χ1v) is 13.3. The summed E-state index contributed by atoms with van der Waals surface area (Å²) in [5.74, 6) is -0.745. The Balaban J connectivity index is 1.58. The van der Waals surface area contributed by atoms with Crippen LogP contribution < -0.4 is 14.4 Å².